The molecule has 1 rings (SSSR count). The van der Waals surface area contributed by atoms with Crippen molar-refractivity contribution in [3.8, 4) is 0 Å². The van der Waals surface area contributed by atoms with Crippen LogP contribution >= 0.6 is 0 Å². The van der Waals surface area contributed by atoms with Crippen LogP contribution in [0.2, 0.25) is 0 Å². The molecule has 0 aliphatic heterocycles. The van der Waals surface area contributed by atoms with Crippen molar-refractivity contribution in [2.24, 2.45) is 0 Å². The lowest BCUT2D eigenvalue weighted by atomic mass is 10.0. The van der Waals surface area contributed by atoms with Gasteiger partial charge in [-0.3, -0.25) is 9.78 Å². The monoisotopic (exact) mass is 178 g/mol. The molecule has 13 heavy (non-hydrogen) atoms. The number of hydrogen-bond acceptors (Lipinski definition) is 2. The van der Waals surface area contributed by atoms with Gasteiger partial charge in [0.05, 0.1) is 0 Å². The predicted molar refractivity (Wildman–Crippen MR) is 51.2 cm³/mol. The number of hydrogen-bond donors (Lipinski definition) is 1. The molecule has 0 radical (unpaired) electrons. The number of pyridine rings is 1. The predicted octanol–water partition coefficient (Wildman–Crippen LogP) is 1.45. The number of aromatic nitrogens is 1. The number of nitrogens with one attached hydrogen (secondary N) is 1. The molecule has 0 unspecified atom stereocenters. The quantitative estimate of drug-likeness (QED) is 0.709. The second-order valence-corrected chi connectivity index (χ2v) is 3.28. The highest BCUT2D eigenvalue weighted by Gasteiger charge is 2.00. The van der Waals surface area contributed by atoms with Crippen LogP contribution < -0.4 is 5.32 Å². The highest BCUT2D eigenvalue weighted by molar-refractivity contribution is 5.46. The minimum atomic E-state index is 0.476. The Balaban J connectivity index is 2.73. The van der Waals surface area contributed by atoms with Gasteiger partial charge in [-0.05, 0) is 17.0 Å². The van der Waals surface area contributed by atoms with Gasteiger partial charge in [0, 0.05) is 18.9 Å². The number of nitrogens with zero attached hydrogens (tertiary/aromatic N) is 1. The average Bonchev–Trinajstić information content (AvgIpc) is 2.15. The second-order valence-electron chi connectivity index (χ2n) is 3.28. The molecule has 1 aromatic heterocycles. The van der Waals surface area contributed by atoms with Crippen LogP contribution in [-0.4, -0.2) is 11.4 Å². The van der Waals surface area contributed by atoms with E-state index >= 15 is 0 Å². The molecule has 0 bridgehead atoms. The average molecular weight is 178 g/mol. The fourth-order valence-electron chi connectivity index (χ4n) is 1.08. The highest BCUT2D eigenvalue weighted by atomic mass is 16.1. The highest BCUT2D eigenvalue weighted by Crippen LogP contribution is 2.13. The Kier molecular flexibility index (Phi) is 3.43. The third kappa shape index (κ3) is 2.86. The fraction of sp³-hybridized carbons (Fsp3) is 0.400. The van der Waals surface area contributed by atoms with Crippen LogP contribution in [0.3, 0.4) is 0 Å². The van der Waals surface area contributed by atoms with Gasteiger partial charge in [0.1, 0.15) is 0 Å². The van der Waals surface area contributed by atoms with Crippen molar-refractivity contribution in [1.29, 1.82) is 0 Å². The first-order chi connectivity index (χ1) is 6.24. The van der Waals surface area contributed by atoms with Gasteiger partial charge in [-0.2, -0.15) is 0 Å². The zero-order valence-electron chi connectivity index (χ0n) is 7.95. The third-order valence-electron chi connectivity index (χ3n) is 1.87. The summed E-state index contributed by atoms with van der Waals surface area (Å²) in [5.74, 6) is 0.476. The lowest BCUT2D eigenvalue weighted by Gasteiger charge is -2.06. The summed E-state index contributed by atoms with van der Waals surface area (Å²) in [6.07, 6.45) is 4.32. The molecule has 0 aliphatic carbocycles. The van der Waals surface area contributed by atoms with Crippen molar-refractivity contribution in [2.45, 2.75) is 26.3 Å². The summed E-state index contributed by atoms with van der Waals surface area (Å²) in [5, 5.41) is 2.61. The van der Waals surface area contributed by atoms with Gasteiger partial charge in [-0.15, -0.1) is 0 Å². The third-order valence-corrected chi connectivity index (χ3v) is 1.87. The molecule has 0 aromatic carbocycles. The molecule has 1 N–H and O–H groups in total. The largest absolute Gasteiger partial charge is 0.355 e. The van der Waals surface area contributed by atoms with E-state index in [2.05, 4.69) is 30.2 Å². The van der Waals surface area contributed by atoms with E-state index in [4.69, 9.17) is 0 Å². The number of carbonyl (C=O) groups is 1. The Labute approximate surface area is 78.2 Å². The van der Waals surface area contributed by atoms with Crippen LogP contribution in [0, 0.1) is 0 Å². The maximum atomic E-state index is 10.1. The van der Waals surface area contributed by atoms with Crippen LogP contribution in [-0.2, 0) is 11.3 Å². The number of rotatable bonds is 4. The van der Waals surface area contributed by atoms with Gasteiger partial charge in [0.2, 0.25) is 6.41 Å². The lowest BCUT2D eigenvalue weighted by molar-refractivity contribution is -0.109. The maximum Gasteiger partial charge on any atom is 0.207 e. The maximum absolute atomic E-state index is 10.1. The number of amides is 1. The van der Waals surface area contributed by atoms with Gasteiger partial charge < -0.3 is 5.32 Å². The first kappa shape index (κ1) is 9.71. The normalized spacial score (nSPS) is 10.1. The van der Waals surface area contributed by atoms with Gasteiger partial charge in [-0.25, -0.2) is 0 Å². The number of carbonyl (C=O) groups excluding carboxylic acids is 1. The summed E-state index contributed by atoms with van der Waals surface area (Å²) in [7, 11) is 0. The Hall–Kier alpha value is -1.38. The van der Waals surface area contributed by atoms with Crippen LogP contribution in [0.15, 0.2) is 18.5 Å². The zero-order chi connectivity index (χ0) is 9.68. The SMILES string of the molecule is CC(C)c1cncc(CNC=O)c1. The van der Waals surface area contributed by atoms with E-state index in [1.807, 2.05) is 6.20 Å². The van der Waals surface area contributed by atoms with Crippen LogP contribution in [0.5, 0.6) is 0 Å². The Morgan fingerprint density at radius 2 is 2.31 bits per heavy atom. The van der Waals surface area contributed by atoms with Gasteiger partial charge in [-0.1, -0.05) is 19.9 Å². The van der Waals surface area contributed by atoms with E-state index in [-0.39, 0.29) is 0 Å². The van der Waals surface area contributed by atoms with Gasteiger partial charge in [0.15, 0.2) is 0 Å². The van der Waals surface area contributed by atoms with Crippen molar-refractivity contribution >= 4 is 6.41 Å². The van der Waals surface area contributed by atoms with Crippen LogP contribution in [0.4, 0.5) is 0 Å². The van der Waals surface area contributed by atoms with E-state index in [1.165, 1.54) is 5.56 Å². The molecular weight excluding hydrogens is 164 g/mol. The second kappa shape index (κ2) is 4.60. The summed E-state index contributed by atoms with van der Waals surface area (Å²) in [6, 6.07) is 2.06. The molecule has 1 heterocycles. The topological polar surface area (TPSA) is 42.0 Å². The molecule has 0 saturated carbocycles. The minimum absolute atomic E-state index is 0.476. The van der Waals surface area contributed by atoms with E-state index in [1.54, 1.807) is 6.20 Å². The van der Waals surface area contributed by atoms with Crippen molar-refractivity contribution < 1.29 is 4.79 Å². The minimum Gasteiger partial charge on any atom is -0.355 e. The van der Waals surface area contributed by atoms with Gasteiger partial charge in [0.25, 0.3) is 0 Å². The Bertz CT molecular complexity index is 284. The Morgan fingerprint density at radius 3 is 2.92 bits per heavy atom. The summed E-state index contributed by atoms with van der Waals surface area (Å²) in [5.41, 5.74) is 2.24. The summed E-state index contributed by atoms with van der Waals surface area (Å²) in [4.78, 5) is 14.2. The first-order valence-electron chi connectivity index (χ1n) is 4.35. The van der Waals surface area contributed by atoms with E-state index < -0.39 is 0 Å². The summed E-state index contributed by atoms with van der Waals surface area (Å²) >= 11 is 0. The molecule has 0 atom stereocenters. The molecule has 3 heteroatoms. The van der Waals surface area contributed by atoms with Crippen LogP contribution in [0.25, 0.3) is 0 Å². The molecule has 0 spiro atoms. The van der Waals surface area contributed by atoms with E-state index in [0.29, 0.717) is 18.9 Å². The first-order valence-corrected chi connectivity index (χ1v) is 4.35. The summed E-state index contributed by atoms with van der Waals surface area (Å²) < 4.78 is 0. The lowest BCUT2D eigenvalue weighted by Crippen LogP contribution is -2.10. The van der Waals surface area contributed by atoms with Crippen molar-refractivity contribution in [3.05, 3.63) is 29.6 Å². The fourth-order valence-corrected chi connectivity index (χ4v) is 1.08. The molecule has 0 aliphatic rings. The van der Waals surface area contributed by atoms with Gasteiger partial charge >= 0.3 is 0 Å². The standard InChI is InChI=1S/C10H14N2O/c1-8(2)10-3-9(4-11-6-10)5-12-7-13/h3-4,6-8H,5H2,1-2H3,(H,12,13). The molecule has 70 valence electrons. The zero-order valence-corrected chi connectivity index (χ0v) is 7.95. The Morgan fingerprint density at radius 1 is 1.54 bits per heavy atom. The molecule has 1 aromatic rings. The molecular formula is C10H14N2O. The van der Waals surface area contributed by atoms with Crippen molar-refractivity contribution in [1.82, 2.24) is 10.3 Å². The van der Waals surface area contributed by atoms with Crippen molar-refractivity contribution in [3.63, 3.8) is 0 Å². The van der Waals surface area contributed by atoms with Crippen molar-refractivity contribution in [2.75, 3.05) is 0 Å². The molecule has 0 fully saturated rings. The van der Waals surface area contributed by atoms with E-state index in [9.17, 15) is 4.79 Å². The smallest absolute Gasteiger partial charge is 0.207 e. The van der Waals surface area contributed by atoms with Crippen LogP contribution in [0.1, 0.15) is 30.9 Å². The van der Waals surface area contributed by atoms with E-state index in [0.717, 1.165) is 5.56 Å². The molecule has 1 amide bonds. The molecule has 0 saturated heterocycles. The summed E-state index contributed by atoms with van der Waals surface area (Å²) in [6.45, 7) is 4.79. The molecule has 3 nitrogen and oxygen atoms in total.